The molecule has 0 aliphatic carbocycles. The molecule has 0 unspecified atom stereocenters. The van der Waals surface area contributed by atoms with Crippen LogP contribution in [0.25, 0.3) is 0 Å². The van der Waals surface area contributed by atoms with Gasteiger partial charge in [0.1, 0.15) is 5.82 Å². The minimum Gasteiger partial charge on any atom is -0.478 e. The van der Waals surface area contributed by atoms with Crippen molar-refractivity contribution >= 4 is 56.0 Å². The Labute approximate surface area is 139 Å². The van der Waals surface area contributed by atoms with Gasteiger partial charge in [0.25, 0.3) is 10.0 Å². The summed E-state index contributed by atoms with van der Waals surface area (Å²) in [6.07, 6.45) is 1.30. The van der Waals surface area contributed by atoms with E-state index in [1.54, 1.807) is 0 Å². The third-order valence-corrected chi connectivity index (χ3v) is 4.96. The van der Waals surface area contributed by atoms with Gasteiger partial charge in [-0.05, 0) is 52.9 Å². The number of pyridine rings is 1. The predicted molar refractivity (Wildman–Crippen MR) is 86.2 cm³/mol. The zero-order valence-corrected chi connectivity index (χ0v) is 14.0. The molecule has 0 saturated carbocycles. The number of aromatic carboxylic acids is 1. The molecule has 0 radical (unpaired) electrons. The highest BCUT2D eigenvalue weighted by Crippen LogP contribution is 2.20. The largest absolute Gasteiger partial charge is 0.478 e. The normalized spacial score (nSPS) is 11.1. The van der Waals surface area contributed by atoms with Crippen LogP contribution < -0.4 is 4.72 Å². The van der Waals surface area contributed by atoms with E-state index in [2.05, 4.69) is 9.71 Å². The molecule has 0 saturated heterocycles. The van der Waals surface area contributed by atoms with Crippen LogP contribution in [0.4, 0.5) is 5.82 Å². The number of benzene rings is 1. The lowest BCUT2D eigenvalue weighted by Crippen LogP contribution is -2.15. The summed E-state index contributed by atoms with van der Waals surface area (Å²) in [4.78, 5) is 14.7. The number of carboxylic acid groups (broad SMARTS) is 1. The van der Waals surface area contributed by atoms with Gasteiger partial charge in [0.05, 0.1) is 15.5 Å². The van der Waals surface area contributed by atoms with Crippen LogP contribution in [0.5, 0.6) is 0 Å². The van der Waals surface area contributed by atoms with Crippen molar-refractivity contribution in [3.05, 3.63) is 50.7 Å². The molecule has 0 amide bonds. The molecule has 1 heterocycles. The van der Waals surface area contributed by atoms with Crippen molar-refractivity contribution in [1.82, 2.24) is 4.98 Å². The molecule has 2 aromatic rings. The second kappa shape index (κ2) is 6.16. The first kappa shape index (κ1) is 16.0. The highest BCUT2D eigenvalue weighted by molar-refractivity contribution is 14.1. The number of carboxylic acids is 1. The Kier molecular flexibility index (Phi) is 4.69. The van der Waals surface area contributed by atoms with Crippen LogP contribution in [0, 0.1) is 3.57 Å². The maximum absolute atomic E-state index is 12.2. The summed E-state index contributed by atoms with van der Waals surface area (Å²) in [6.45, 7) is 0. The van der Waals surface area contributed by atoms with Crippen LogP contribution in [-0.4, -0.2) is 24.5 Å². The molecule has 1 aromatic heterocycles. The molecule has 0 aliphatic rings. The molecule has 9 heteroatoms. The average Bonchev–Trinajstić information content (AvgIpc) is 2.41. The number of nitrogens with one attached hydrogen (secondary N) is 1. The fourth-order valence-electron chi connectivity index (χ4n) is 1.47. The number of sulfonamides is 1. The fraction of sp³-hybridized carbons (Fsp3) is 0. The summed E-state index contributed by atoms with van der Waals surface area (Å²) in [5.41, 5.74) is -0.0810. The summed E-state index contributed by atoms with van der Waals surface area (Å²) >= 11 is 7.49. The van der Waals surface area contributed by atoms with Gasteiger partial charge in [-0.25, -0.2) is 18.2 Å². The summed E-state index contributed by atoms with van der Waals surface area (Å²) in [7, 11) is -3.92. The molecule has 0 fully saturated rings. The molecule has 0 bridgehead atoms. The Morgan fingerprint density at radius 2 is 2.00 bits per heavy atom. The molecular formula is C12H8ClIN2O4S. The Bertz CT molecular complexity index is 793. The van der Waals surface area contributed by atoms with Crippen molar-refractivity contribution in [2.45, 2.75) is 4.90 Å². The number of halogens is 2. The third kappa shape index (κ3) is 3.83. The number of rotatable bonds is 4. The first-order chi connectivity index (χ1) is 9.79. The van der Waals surface area contributed by atoms with Gasteiger partial charge >= 0.3 is 5.97 Å². The van der Waals surface area contributed by atoms with Crippen molar-refractivity contribution in [1.29, 1.82) is 0 Å². The fourth-order valence-corrected chi connectivity index (χ4v) is 3.18. The molecule has 6 nitrogen and oxygen atoms in total. The first-order valence-electron chi connectivity index (χ1n) is 5.47. The topological polar surface area (TPSA) is 96.4 Å². The second-order valence-corrected chi connectivity index (χ2v) is 7.19. The number of nitrogens with zero attached hydrogens (tertiary/aromatic N) is 1. The number of aromatic nitrogens is 1. The minimum atomic E-state index is -3.92. The van der Waals surface area contributed by atoms with Crippen LogP contribution in [-0.2, 0) is 10.0 Å². The van der Waals surface area contributed by atoms with Crippen LogP contribution >= 0.6 is 34.2 Å². The van der Waals surface area contributed by atoms with E-state index in [0.717, 1.165) is 6.07 Å². The van der Waals surface area contributed by atoms with E-state index in [9.17, 15) is 13.2 Å². The Hall–Kier alpha value is -1.39. The van der Waals surface area contributed by atoms with Gasteiger partial charge in [0.15, 0.2) is 0 Å². The maximum Gasteiger partial charge on any atom is 0.336 e. The van der Waals surface area contributed by atoms with Gasteiger partial charge in [0.2, 0.25) is 0 Å². The van der Waals surface area contributed by atoms with E-state index in [-0.39, 0.29) is 16.3 Å². The van der Waals surface area contributed by atoms with Gasteiger partial charge in [-0.15, -0.1) is 0 Å². The standard InChI is InChI=1S/C12H8ClIN2O4S/c13-7-1-4-11(15-6-7)16-21(19,20)8-2-3-10(14)9(5-8)12(17)18/h1-6H,(H,15,16)(H,17,18). The molecule has 110 valence electrons. The molecule has 21 heavy (non-hydrogen) atoms. The highest BCUT2D eigenvalue weighted by Gasteiger charge is 2.18. The number of hydrogen-bond donors (Lipinski definition) is 2. The predicted octanol–water partition coefficient (Wildman–Crippen LogP) is 2.84. The molecule has 1 aromatic carbocycles. The van der Waals surface area contributed by atoms with Gasteiger partial charge in [-0.3, -0.25) is 4.72 Å². The maximum atomic E-state index is 12.2. The van der Waals surface area contributed by atoms with Gasteiger partial charge < -0.3 is 5.11 Å². The van der Waals surface area contributed by atoms with E-state index < -0.39 is 16.0 Å². The van der Waals surface area contributed by atoms with Crippen LogP contribution in [0.15, 0.2) is 41.4 Å². The molecule has 2 N–H and O–H groups in total. The van der Waals surface area contributed by atoms with Crippen molar-refractivity contribution in [3.8, 4) is 0 Å². The second-order valence-electron chi connectivity index (χ2n) is 3.91. The van der Waals surface area contributed by atoms with E-state index >= 15 is 0 Å². The lowest BCUT2D eigenvalue weighted by atomic mass is 10.2. The first-order valence-corrected chi connectivity index (χ1v) is 8.41. The molecule has 0 atom stereocenters. The lowest BCUT2D eigenvalue weighted by Gasteiger charge is -2.08. The van der Waals surface area contributed by atoms with Crippen LogP contribution in [0.1, 0.15) is 10.4 Å². The smallest absolute Gasteiger partial charge is 0.336 e. The zero-order valence-electron chi connectivity index (χ0n) is 10.2. The average molecular weight is 439 g/mol. The molecule has 0 spiro atoms. The number of carbonyl (C=O) groups is 1. The summed E-state index contributed by atoms with van der Waals surface area (Å²) in [5.74, 6) is -1.10. The summed E-state index contributed by atoms with van der Waals surface area (Å²) in [6, 6.07) is 6.75. The van der Waals surface area contributed by atoms with Crippen molar-refractivity contribution in [3.63, 3.8) is 0 Å². The SMILES string of the molecule is O=C(O)c1cc(S(=O)(=O)Nc2ccc(Cl)cn2)ccc1I. The van der Waals surface area contributed by atoms with Gasteiger partial charge in [-0.2, -0.15) is 0 Å². The van der Waals surface area contributed by atoms with Crippen molar-refractivity contribution < 1.29 is 18.3 Å². The molecular weight excluding hydrogens is 431 g/mol. The third-order valence-electron chi connectivity index (χ3n) is 2.44. The quantitative estimate of drug-likeness (QED) is 0.716. The van der Waals surface area contributed by atoms with Gasteiger partial charge in [-0.1, -0.05) is 11.6 Å². The Balaban J connectivity index is 2.38. The summed E-state index contributed by atoms with van der Waals surface area (Å²) in [5, 5.41) is 9.40. The minimum absolute atomic E-state index is 0.0810. The van der Waals surface area contributed by atoms with Crippen molar-refractivity contribution in [2.24, 2.45) is 0 Å². The van der Waals surface area contributed by atoms with E-state index in [1.165, 1.54) is 30.5 Å². The number of anilines is 1. The Morgan fingerprint density at radius 1 is 1.29 bits per heavy atom. The van der Waals surface area contributed by atoms with Crippen molar-refractivity contribution in [2.75, 3.05) is 4.72 Å². The molecule has 0 aliphatic heterocycles. The van der Waals surface area contributed by atoms with Crippen LogP contribution in [0.2, 0.25) is 5.02 Å². The van der Waals surface area contributed by atoms with E-state index in [1.807, 2.05) is 22.6 Å². The van der Waals surface area contributed by atoms with Gasteiger partial charge in [0, 0.05) is 9.77 Å². The number of hydrogen-bond acceptors (Lipinski definition) is 4. The summed E-state index contributed by atoms with van der Waals surface area (Å²) < 4.78 is 27.1. The Morgan fingerprint density at radius 3 is 2.57 bits per heavy atom. The molecule has 2 rings (SSSR count). The van der Waals surface area contributed by atoms with Crippen LogP contribution in [0.3, 0.4) is 0 Å². The van der Waals surface area contributed by atoms with E-state index in [4.69, 9.17) is 16.7 Å². The monoisotopic (exact) mass is 438 g/mol. The highest BCUT2D eigenvalue weighted by atomic mass is 127. The van der Waals surface area contributed by atoms with E-state index in [0.29, 0.717) is 8.59 Å². The lowest BCUT2D eigenvalue weighted by molar-refractivity contribution is 0.0695. The zero-order chi connectivity index (χ0) is 15.6.